The SMILES string of the molecule is CN(CCBr)c1ncc(Cl)cc1Cl. The van der Waals surface area contributed by atoms with E-state index in [1.807, 2.05) is 11.9 Å². The second kappa shape index (κ2) is 5.03. The summed E-state index contributed by atoms with van der Waals surface area (Å²) in [6.45, 7) is 0.856. The first-order chi connectivity index (χ1) is 6.15. The van der Waals surface area contributed by atoms with Crippen LogP contribution < -0.4 is 4.90 Å². The maximum Gasteiger partial charge on any atom is 0.147 e. The molecule has 5 heteroatoms. The lowest BCUT2D eigenvalue weighted by Gasteiger charge is -2.17. The van der Waals surface area contributed by atoms with Crippen molar-refractivity contribution >= 4 is 44.9 Å². The maximum absolute atomic E-state index is 5.96. The molecule has 0 N–H and O–H groups in total. The molecule has 0 saturated heterocycles. The van der Waals surface area contributed by atoms with Crippen LogP contribution in [0.1, 0.15) is 0 Å². The number of nitrogens with zero attached hydrogens (tertiary/aromatic N) is 2. The zero-order chi connectivity index (χ0) is 9.84. The minimum atomic E-state index is 0.556. The Balaban J connectivity index is 2.88. The molecule has 0 saturated carbocycles. The van der Waals surface area contributed by atoms with Crippen LogP contribution in [-0.2, 0) is 0 Å². The van der Waals surface area contributed by atoms with E-state index in [0.717, 1.165) is 17.7 Å². The zero-order valence-electron chi connectivity index (χ0n) is 7.10. The molecule has 0 aliphatic rings. The third-order valence-corrected chi connectivity index (χ3v) is 2.41. The monoisotopic (exact) mass is 282 g/mol. The Kier molecular flexibility index (Phi) is 4.29. The van der Waals surface area contributed by atoms with Crippen LogP contribution in [0.4, 0.5) is 5.82 Å². The molecule has 0 radical (unpaired) electrons. The van der Waals surface area contributed by atoms with Crippen molar-refractivity contribution in [3.05, 3.63) is 22.3 Å². The van der Waals surface area contributed by atoms with Gasteiger partial charge >= 0.3 is 0 Å². The van der Waals surface area contributed by atoms with Gasteiger partial charge in [0, 0.05) is 25.1 Å². The van der Waals surface area contributed by atoms with Crippen molar-refractivity contribution in [2.24, 2.45) is 0 Å². The topological polar surface area (TPSA) is 16.1 Å². The number of alkyl halides is 1. The molecule has 1 aromatic rings. The summed E-state index contributed by atoms with van der Waals surface area (Å²) in [5.41, 5.74) is 0. The third-order valence-electron chi connectivity index (χ3n) is 1.57. The Morgan fingerprint density at radius 1 is 1.54 bits per heavy atom. The number of aromatic nitrogens is 1. The predicted octanol–water partition coefficient (Wildman–Crippen LogP) is 3.22. The molecule has 1 aromatic heterocycles. The summed E-state index contributed by atoms with van der Waals surface area (Å²) in [4.78, 5) is 6.10. The van der Waals surface area contributed by atoms with E-state index in [0.29, 0.717) is 10.0 Å². The van der Waals surface area contributed by atoms with Gasteiger partial charge in [-0.25, -0.2) is 4.98 Å². The average Bonchev–Trinajstić information content (AvgIpc) is 2.04. The van der Waals surface area contributed by atoms with Gasteiger partial charge in [0.1, 0.15) is 5.82 Å². The molecule has 0 spiro atoms. The van der Waals surface area contributed by atoms with Gasteiger partial charge in [0.05, 0.1) is 10.0 Å². The number of halogens is 3. The van der Waals surface area contributed by atoms with E-state index < -0.39 is 0 Å². The highest BCUT2D eigenvalue weighted by Crippen LogP contribution is 2.24. The van der Waals surface area contributed by atoms with Crippen molar-refractivity contribution in [1.82, 2.24) is 4.98 Å². The van der Waals surface area contributed by atoms with E-state index in [9.17, 15) is 0 Å². The lowest BCUT2D eigenvalue weighted by Crippen LogP contribution is -2.20. The molecule has 0 amide bonds. The average molecular weight is 284 g/mol. The molecule has 0 unspecified atom stereocenters. The predicted molar refractivity (Wildman–Crippen MR) is 61.3 cm³/mol. The van der Waals surface area contributed by atoms with Crippen LogP contribution in [0.5, 0.6) is 0 Å². The smallest absolute Gasteiger partial charge is 0.147 e. The second-order valence-electron chi connectivity index (χ2n) is 2.57. The molecule has 13 heavy (non-hydrogen) atoms. The summed E-state index contributed by atoms with van der Waals surface area (Å²) in [6.07, 6.45) is 1.59. The fourth-order valence-electron chi connectivity index (χ4n) is 0.921. The summed E-state index contributed by atoms with van der Waals surface area (Å²) in [5, 5.41) is 2.02. The first-order valence-corrected chi connectivity index (χ1v) is 5.61. The molecule has 1 heterocycles. The van der Waals surface area contributed by atoms with E-state index in [2.05, 4.69) is 20.9 Å². The van der Waals surface area contributed by atoms with Crippen LogP contribution in [0.15, 0.2) is 12.3 Å². The summed E-state index contributed by atoms with van der Waals surface area (Å²) in [5.74, 6) is 0.755. The van der Waals surface area contributed by atoms with Gasteiger partial charge in [0.2, 0.25) is 0 Å². The summed E-state index contributed by atoms with van der Waals surface area (Å²) in [7, 11) is 1.93. The van der Waals surface area contributed by atoms with Crippen molar-refractivity contribution in [2.45, 2.75) is 0 Å². The lowest BCUT2D eigenvalue weighted by atomic mass is 10.4. The van der Waals surface area contributed by atoms with Gasteiger partial charge in [0.15, 0.2) is 0 Å². The number of hydrogen-bond acceptors (Lipinski definition) is 2. The molecule has 0 bridgehead atoms. The van der Waals surface area contributed by atoms with Gasteiger partial charge in [-0.15, -0.1) is 0 Å². The number of anilines is 1. The maximum atomic E-state index is 5.96. The largest absolute Gasteiger partial charge is 0.358 e. The molecule has 0 aromatic carbocycles. The third kappa shape index (κ3) is 3.01. The van der Waals surface area contributed by atoms with Gasteiger partial charge in [0.25, 0.3) is 0 Å². The van der Waals surface area contributed by atoms with E-state index in [4.69, 9.17) is 23.2 Å². The summed E-state index contributed by atoms with van der Waals surface area (Å²) in [6, 6.07) is 1.69. The van der Waals surface area contributed by atoms with Crippen LogP contribution in [0.2, 0.25) is 10.0 Å². The first-order valence-electron chi connectivity index (χ1n) is 3.73. The van der Waals surface area contributed by atoms with Gasteiger partial charge in [-0.05, 0) is 6.07 Å². The lowest BCUT2D eigenvalue weighted by molar-refractivity contribution is 0.951. The Morgan fingerprint density at radius 2 is 2.23 bits per heavy atom. The minimum Gasteiger partial charge on any atom is -0.358 e. The normalized spacial score (nSPS) is 10.2. The fourth-order valence-corrected chi connectivity index (χ4v) is 1.98. The summed E-state index contributed by atoms with van der Waals surface area (Å²) >= 11 is 15.0. The van der Waals surface area contributed by atoms with Crippen molar-refractivity contribution < 1.29 is 0 Å². The van der Waals surface area contributed by atoms with Gasteiger partial charge in [-0.1, -0.05) is 39.1 Å². The van der Waals surface area contributed by atoms with Crippen LogP contribution in [0.3, 0.4) is 0 Å². The van der Waals surface area contributed by atoms with Crippen LogP contribution in [-0.4, -0.2) is 23.9 Å². The van der Waals surface area contributed by atoms with Crippen molar-refractivity contribution in [3.63, 3.8) is 0 Å². The number of rotatable bonds is 3. The molecule has 0 aliphatic carbocycles. The van der Waals surface area contributed by atoms with Gasteiger partial charge in [-0.3, -0.25) is 0 Å². The zero-order valence-corrected chi connectivity index (χ0v) is 10.2. The van der Waals surface area contributed by atoms with Gasteiger partial charge in [-0.2, -0.15) is 0 Å². The van der Waals surface area contributed by atoms with Crippen LogP contribution in [0.25, 0.3) is 0 Å². The highest BCUT2D eigenvalue weighted by molar-refractivity contribution is 9.09. The second-order valence-corrected chi connectivity index (χ2v) is 4.21. The molecule has 72 valence electrons. The molecule has 0 fully saturated rings. The first kappa shape index (κ1) is 11.1. The number of hydrogen-bond donors (Lipinski definition) is 0. The van der Waals surface area contributed by atoms with E-state index in [-0.39, 0.29) is 0 Å². The minimum absolute atomic E-state index is 0.556. The molecular weight excluding hydrogens is 275 g/mol. The molecule has 0 atom stereocenters. The van der Waals surface area contributed by atoms with Crippen molar-refractivity contribution in [1.29, 1.82) is 0 Å². The summed E-state index contributed by atoms with van der Waals surface area (Å²) < 4.78 is 0. The molecule has 0 aliphatic heterocycles. The fraction of sp³-hybridized carbons (Fsp3) is 0.375. The van der Waals surface area contributed by atoms with E-state index >= 15 is 0 Å². The van der Waals surface area contributed by atoms with Gasteiger partial charge < -0.3 is 4.90 Å². The van der Waals surface area contributed by atoms with Crippen molar-refractivity contribution in [2.75, 3.05) is 23.8 Å². The Labute approximate surface area is 96.0 Å². The Hall–Kier alpha value is 0.01000. The van der Waals surface area contributed by atoms with E-state index in [1.165, 1.54) is 0 Å². The Bertz CT molecular complexity index is 293. The highest BCUT2D eigenvalue weighted by Gasteiger charge is 2.06. The van der Waals surface area contributed by atoms with Crippen molar-refractivity contribution in [3.8, 4) is 0 Å². The Morgan fingerprint density at radius 3 is 2.77 bits per heavy atom. The molecule has 1 rings (SSSR count). The highest BCUT2D eigenvalue weighted by atomic mass is 79.9. The standard InChI is InChI=1S/C8H9BrCl2N2/c1-13(3-2-9)8-7(11)4-6(10)5-12-8/h4-5H,2-3H2,1H3. The quantitative estimate of drug-likeness (QED) is 0.792. The van der Waals surface area contributed by atoms with Crippen LogP contribution in [0, 0.1) is 0 Å². The molecular formula is C8H9BrCl2N2. The van der Waals surface area contributed by atoms with E-state index in [1.54, 1.807) is 12.3 Å². The number of pyridine rings is 1. The molecule has 2 nitrogen and oxygen atoms in total. The van der Waals surface area contributed by atoms with Crippen LogP contribution >= 0.6 is 39.1 Å².